The Morgan fingerprint density at radius 2 is 2.00 bits per heavy atom. The van der Waals surface area contributed by atoms with Crippen LogP contribution in [0.5, 0.6) is 0 Å². The molecule has 0 aliphatic carbocycles. The SMILES string of the molecule is CCCC(CC(=O)OC)C(C)=O. The van der Waals surface area contributed by atoms with E-state index in [0.717, 1.165) is 12.8 Å². The maximum atomic E-state index is 11.0. The number of carbonyl (C=O) groups is 2. The van der Waals surface area contributed by atoms with Gasteiger partial charge in [0.15, 0.2) is 0 Å². The Morgan fingerprint density at radius 1 is 1.42 bits per heavy atom. The number of rotatable bonds is 5. The summed E-state index contributed by atoms with van der Waals surface area (Å²) in [7, 11) is 1.34. The number of Topliss-reactive ketones (excluding diaryl/α,β-unsaturated/α-hetero) is 1. The van der Waals surface area contributed by atoms with E-state index in [1.165, 1.54) is 14.0 Å². The van der Waals surface area contributed by atoms with Gasteiger partial charge in [0.25, 0.3) is 0 Å². The molecule has 3 nitrogen and oxygen atoms in total. The lowest BCUT2D eigenvalue weighted by molar-refractivity contribution is -0.143. The first-order valence-corrected chi connectivity index (χ1v) is 4.19. The fraction of sp³-hybridized carbons (Fsp3) is 0.778. The Balaban J connectivity index is 3.95. The van der Waals surface area contributed by atoms with Gasteiger partial charge in [0, 0.05) is 5.92 Å². The molecule has 0 spiro atoms. The number of ketones is 1. The summed E-state index contributed by atoms with van der Waals surface area (Å²) in [5.74, 6) is -0.381. The van der Waals surface area contributed by atoms with E-state index >= 15 is 0 Å². The van der Waals surface area contributed by atoms with Gasteiger partial charge in [-0.1, -0.05) is 13.3 Å². The molecule has 0 amide bonds. The van der Waals surface area contributed by atoms with Crippen LogP contribution < -0.4 is 0 Å². The number of ether oxygens (including phenoxy) is 1. The molecule has 12 heavy (non-hydrogen) atoms. The van der Waals surface area contributed by atoms with Gasteiger partial charge in [-0.3, -0.25) is 9.59 Å². The fourth-order valence-electron chi connectivity index (χ4n) is 1.08. The van der Waals surface area contributed by atoms with Crippen molar-refractivity contribution in [3.8, 4) is 0 Å². The minimum absolute atomic E-state index is 0.0715. The third-order valence-corrected chi connectivity index (χ3v) is 1.85. The summed E-state index contributed by atoms with van der Waals surface area (Å²) in [6.07, 6.45) is 1.91. The van der Waals surface area contributed by atoms with E-state index < -0.39 is 0 Å². The summed E-state index contributed by atoms with van der Waals surface area (Å²) in [6, 6.07) is 0. The summed E-state index contributed by atoms with van der Waals surface area (Å²) in [5.41, 5.74) is 0. The van der Waals surface area contributed by atoms with E-state index in [9.17, 15) is 9.59 Å². The first-order valence-electron chi connectivity index (χ1n) is 4.19. The summed E-state index contributed by atoms with van der Waals surface area (Å²) in [4.78, 5) is 21.8. The van der Waals surface area contributed by atoms with E-state index in [-0.39, 0.29) is 24.1 Å². The van der Waals surface area contributed by atoms with Crippen LogP contribution in [0.1, 0.15) is 33.1 Å². The van der Waals surface area contributed by atoms with Crippen LogP contribution in [-0.2, 0) is 14.3 Å². The molecule has 0 rings (SSSR count). The van der Waals surface area contributed by atoms with Crippen LogP contribution in [0, 0.1) is 5.92 Å². The van der Waals surface area contributed by atoms with Gasteiger partial charge in [-0.25, -0.2) is 0 Å². The Hall–Kier alpha value is -0.860. The molecule has 0 N–H and O–H groups in total. The van der Waals surface area contributed by atoms with Gasteiger partial charge in [0.2, 0.25) is 0 Å². The highest BCUT2D eigenvalue weighted by molar-refractivity contribution is 5.83. The highest BCUT2D eigenvalue weighted by atomic mass is 16.5. The molecule has 0 aliphatic rings. The molecule has 0 aromatic heterocycles. The Bertz CT molecular complexity index is 161. The van der Waals surface area contributed by atoms with Crippen LogP contribution in [0.15, 0.2) is 0 Å². The van der Waals surface area contributed by atoms with Gasteiger partial charge in [-0.05, 0) is 13.3 Å². The Labute approximate surface area is 73.1 Å². The molecule has 0 aromatic carbocycles. The highest BCUT2D eigenvalue weighted by Crippen LogP contribution is 2.12. The minimum atomic E-state index is -0.302. The van der Waals surface area contributed by atoms with Gasteiger partial charge >= 0.3 is 5.97 Å². The number of carbonyl (C=O) groups excluding carboxylic acids is 2. The number of esters is 1. The van der Waals surface area contributed by atoms with Gasteiger partial charge < -0.3 is 4.74 Å². The van der Waals surface area contributed by atoms with Gasteiger partial charge in [0.05, 0.1) is 13.5 Å². The first kappa shape index (κ1) is 11.1. The van der Waals surface area contributed by atoms with E-state index in [0.29, 0.717) is 0 Å². The van der Waals surface area contributed by atoms with E-state index in [2.05, 4.69) is 4.74 Å². The first-order chi connectivity index (χ1) is 5.61. The molecule has 0 aliphatic heterocycles. The van der Waals surface area contributed by atoms with Crippen molar-refractivity contribution in [2.24, 2.45) is 5.92 Å². The smallest absolute Gasteiger partial charge is 0.306 e. The van der Waals surface area contributed by atoms with Crippen LogP contribution in [-0.4, -0.2) is 18.9 Å². The highest BCUT2D eigenvalue weighted by Gasteiger charge is 2.17. The van der Waals surface area contributed by atoms with Crippen molar-refractivity contribution in [2.45, 2.75) is 33.1 Å². The van der Waals surface area contributed by atoms with E-state index in [4.69, 9.17) is 0 Å². The Morgan fingerprint density at radius 3 is 2.33 bits per heavy atom. The summed E-state index contributed by atoms with van der Waals surface area (Å²) >= 11 is 0. The van der Waals surface area contributed by atoms with Crippen molar-refractivity contribution >= 4 is 11.8 Å². The molecule has 70 valence electrons. The maximum Gasteiger partial charge on any atom is 0.306 e. The standard InChI is InChI=1S/C9H16O3/c1-4-5-8(7(2)10)6-9(11)12-3/h8H,4-6H2,1-3H3. The second-order valence-electron chi connectivity index (χ2n) is 2.88. The maximum absolute atomic E-state index is 11.0. The molecule has 1 atom stereocenters. The zero-order chi connectivity index (χ0) is 9.56. The van der Waals surface area contributed by atoms with Crippen molar-refractivity contribution in [2.75, 3.05) is 7.11 Å². The van der Waals surface area contributed by atoms with Crippen LogP contribution in [0.3, 0.4) is 0 Å². The van der Waals surface area contributed by atoms with Crippen LogP contribution in [0.25, 0.3) is 0 Å². The predicted octanol–water partition coefficient (Wildman–Crippen LogP) is 1.55. The number of hydrogen-bond acceptors (Lipinski definition) is 3. The molecule has 0 radical (unpaired) electrons. The summed E-state index contributed by atoms with van der Waals surface area (Å²) in [5, 5.41) is 0. The molecule has 1 unspecified atom stereocenters. The van der Waals surface area contributed by atoms with Gasteiger partial charge in [-0.15, -0.1) is 0 Å². The third-order valence-electron chi connectivity index (χ3n) is 1.85. The molecule has 0 heterocycles. The Kier molecular flexibility index (Phi) is 5.34. The van der Waals surface area contributed by atoms with Crippen molar-refractivity contribution in [1.82, 2.24) is 0 Å². The zero-order valence-corrected chi connectivity index (χ0v) is 7.92. The summed E-state index contributed by atoms with van der Waals surface area (Å²) in [6.45, 7) is 3.51. The molecular weight excluding hydrogens is 156 g/mol. The molecule has 0 saturated carbocycles. The van der Waals surface area contributed by atoms with Gasteiger partial charge in [-0.2, -0.15) is 0 Å². The fourth-order valence-corrected chi connectivity index (χ4v) is 1.08. The second-order valence-corrected chi connectivity index (χ2v) is 2.88. The lowest BCUT2D eigenvalue weighted by Crippen LogP contribution is -2.16. The molecule has 0 saturated heterocycles. The van der Waals surface area contributed by atoms with Crippen molar-refractivity contribution in [3.05, 3.63) is 0 Å². The average Bonchev–Trinajstić information content (AvgIpc) is 2.03. The minimum Gasteiger partial charge on any atom is -0.469 e. The van der Waals surface area contributed by atoms with Crippen LogP contribution >= 0.6 is 0 Å². The lowest BCUT2D eigenvalue weighted by Gasteiger charge is -2.09. The number of hydrogen-bond donors (Lipinski definition) is 0. The lowest BCUT2D eigenvalue weighted by atomic mass is 9.96. The average molecular weight is 172 g/mol. The summed E-state index contributed by atoms with van der Waals surface area (Å²) < 4.78 is 4.49. The molecule has 3 heteroatoms. The molecule has 0 bridgehead atoms. The van der Waals surface area contributed by atoms with Gasteiger partial charge in [0.1, 0.15) is 5.78 Å². The normalized spacial score (nSPS) is 12.2. The predicted molar refractivity (Wildman–Crippen MR) is 45.7 cm³/mol. The van der Waals surface area contributed by atoms with Crippen molar-refractivity contribution in [3.63, 3.8) is 0 Å². The van der Waals surface area contributed by atoms with Crippen LogP contribution in [0.2, 0.25) is 0 Å². The molecule has 0 fully saturated rings. The quantitative estimate of drug-likeness (QED) is 0.591. The monoisotopic (exact) mass is 172 g/mol. The van der Waals surface area contributed by atoms with Crippen molar-refractivity contribution < 1.29 is 14.3 Å². The topological polar surface area (TPSA) is 43.4 Å². The van der Waals surface area contributed by atoms with E-state index in [1.807, 2.05) is 6.92 Å². The zero-order valence-electron chi connectivity index (χ0n) is 7.92. The second kappa shape index (κ2) is 5.75. The largest absolute Gasteiger partial charge is 0.469 e. The molecule has 0 aromatic rings. The van der Waals surface area contributed by atoms with Crippen molar-refractivity contribution in [1.29, 1.82) is 0 Å². The third kappa shape index (κ3) is 4.11. The number of methoxy groups -OCH3 is 1. The van der Waals surface area contributed by atoms with Crippen LogP contribution in [0.4, 0.5) is 0 Å². The molecular formula is C9H16O3. The van der Waals surface area contributed by atoms with E-state index in [1.54, 1.807) is 0 Å².